The van der Waals surface area contributed by atoms with Gasteiger partial charge in [-0.2, -0.15) is 0 Å². The molecule has 0 saturated carbocycles. The third-order valence-electron chi connectivity index (χ3n) is 7.50. The molecule has 0 aliphatic carbocycles. The molecule has 200 valence electrons. The number of halogens is 1. The van der Waals surface area contributed by atoms with Crippen LogP contribution in [0, 0.1) is 0 Å². The van der Waals surface area contributed by atoms with Gasteiger partial charge in [0.05, 0.1) is 23.0 Å². The summed E-state index contributed by atoms with van der Waals surface area (Å²) in [7, 11) is 0. The summed E-state index contributed by atoms with van der Waals surface area (Å²) in [5.74, 6) is -0.391. The lowest BCUT2D eigenvalue weighted by molar-refractivity contribution is -0.136. The maximum atomic E-state index is 14.4. The summed E-state index contributed by atoms with van der Waals surface area (Å²) in [5, 5.41) is 0.645. The van der Waals surface area contributed by atoms with Crippen LogP contribution in [0.3, 0.4) is 0 Å². The zero-order valence-electron chi connectivity index (χ0n) is 22.5. The molecule has 1 aliphatic heterocycles. The Hall–Kier alpha value is -3.83. The highest BCUT2D eigenvalue weighted by Crippen LogP contribution is 2.42. The molecule has 1 aliphatic rings. The largest absolute Gasteiger partial charge is 0.333 e. The monoisotopic (exact) mass is 539 g/mol. The van der Waals surface area contributed by atoms with E-state index < -0.39 is 0 Å². The van der Waals surface area contributed by atoms with E-state index in [-0.39, 0.29) is 30.3 Å². The van der Waals surface area contributed by atoms with Crippen molar-refractivity contribution < 1.29 is 9.59 Å². The minimum absolute atomic E-state index is 0.00205. The number of para-hydroxylation sites is 2. The molecule has 0 bridgehead atoms. The highest BCUT2D eigenvalue weighted by molar-refractivity contribution is 6.30. The van der Waals surface area contributed by atoms with Gasteiger partial charge in [-0.3, -0.25) is 14.5 Å². The number of fused-ring (bicyclic) bond motifs is 3. The van der Waals surface area contributed by atoms with E-state index in [0.29, 0.717) is 18.0 Å². The number of aromatic nitrogens is 1. The molecular weight excluding hydrogens is 506 g/mol. The van der Waals surface area contributed by atoms with Crippen LogP contribution in [0.5, 0.6) is 0 Å². The van der Waals surface area contributed by atoms with Gasteiger partial charge in [0.15, 0.2) is 0 Å². The Kier molecular flexibility index (Phi) is 8.18. The molecule has 2 amide bonds. The van der Waals surface area contributed by atoms with Crippen LogP contribution in [0.15, 0.2) is 97.2 Å². The van der Waals surface area contributed by atoms with E-state index in [9.17, 15) is 9.59 Å². The molecule has 3 aromatic carbocycles. The minimum Gasteiger partial charge on any atom is -0.333 e. The maximum absolute atomic E-state index is 14.4. The molecule has 0 spiro atoms. The Morgan fingerprint density at radius 2 is 1.56 bits per heavy atom. The number of hydrogen-bond donors (Lipinski definition) is 0. The molecule has 0 radical (unpaired) electrons. The first kappa shape index (κ1) is 26.8. The Labute approximate surface area is 235 Å². The summed E-state index contributed by atoms with van der Waals surface area (Å²) in [6, 6.07) is 29.2. The summed E-state index contributed by atoms with van der Waals surface area (Å²) in [4.78, 5) is 31.9. The molecule has 4 aromatic rings. The smallest absolute Gasteiger partial charge is 0.247 e. The number of amides is 2. The van der Waals surface area contributed by atoms with Crippen LogP contribution >= 0.6 is 11.6 Å². The zero-order valence-corrected chi connectivity index (χ0v) is 23.2. The van der Waals surface area contributed by atoms with Crippen molar-refractivity contribution in [3.63, 3.8) is 0 Å². The van der Waals surface area contributed by atoms with E-state index in [1.807, 2.05) is 103 Å². The Morgan fingerprint density at radius 1 is 0.872 bits per heavy atom. The van der Waals surface area contributed by atoms with Crippen molar-refractivity contribution in [3.8, 4) is 5.69 Å². The number of carbonyl (C=O) groups is 2. The van der Waals surface area contributed by atoms with Crippen molar-refractivity contribution in [2.24, 2.45) is 0 Å². The lowest BCUT2D eigenvalue weighted by atomic mass is 9.94. The highest BCUT2D eigenvalue weighted by atomic mass is 35.5. The maximum Gasteiger partial charge on any atom is 0.247 e. The summed E-state index contributed by atoms with van der Waals surface area (Å²) in [6.45, 7) is 4.69. The van der Waals surface area contributed by atoms with Gasteiger partial charge in [-0.1, -0.05) is 86.5 Å². The van der Waals surface area contributed by atoms with E-state index in [2.05, 4.69) is 17.6 Å². The van der Waals surface area contributed by atoms with Gasteiger partial charge in [0.25, 0.3) is 0 Å². The minimum atomic E-state index is -0.348. The van der Waals surface area contributed by atoms with E-state index in [0.717, 1.165) is 41.0 Å². The van der Waals surface area contributed by atoms with Gasteiger partial charge < -0.3 is 9.47 Å². The molecule has 0 N–H and O–H groups in total. The standard InChI is InChI=1S/C33H34ClN3O2/c1-3-5-21-35(33(39)27(4-2)24-12-7-6-8-13-24)23-31(38)37-29-15-10-9-14-28(29)36-22-11-16-30(36)32(37)25-17-19-26(34)20-18-25/h6-20,22,27,32H,3-5,21,23H2,1-2H3. The van der Waals surface area contributed by atoms with Gasteiger partial charge in [0.2, 0.25) is 11.8 Å². The first-order valence-electron chi connectivity index (χ1n) is 13.7. The molecule has 5 nitrogen and oxygen atoms in total. The zero-order chi connectivity index (χ0) is 27.4. The van der Waals surface area contributed by atoms with Gasteiger partial charge in [0, 0.05) is 17.8 Å². The molecule has 39 heavy (non-hydrogen) atoms. The molecule has 2 atom stereocenters. The van der Waals surface area contributed by atoms with Crippen molar-refractivity contribution in [2.45, 2.75) is 45.1 Å². The third-order valence-corrected chi connectivity index (χ3v) is 7.75. The number of rotatable bonds is 9. The van der Waals surface area contributed by atoms with E-state index in [1.165, 1.54) is 0 Å². The highest BCUT2D eigenvalue weighted by Gasteiger charge is 2.37. The number of hydrogen-bond acceptors (Lipinski definition) is 2. The normalized spacial score (nSPS) is 14.8. The quantitative estimate of drug-likeness (QED) is 0.222. The molecule has 2 heterocycles. The van der Waals surface area contributed by atoms with Crippen LogP contribution in [-0.2, 0) is 9.59 Å². The van der Waals surface area contributed by atoms with Crippen LogP contribution in [0.2, 0.25) is 5.02 Å². The average molecular weight is 540 g/mol. The number of nitrogens with zero attached hydrogens (tertiary/aromatic N) is 3. The van der Waals surface area contributed by atoms with Gasteiger partial charge in [-0.05, 0) is 60.4 Å². The Bertz CT molecular complexity index is 1430. The van der Waals surface area contributed by atoms with E-state index >= 15 is 0 Å². The molecule has 5 rings (SSSR count). The average Bonchev–Trinajstić information content (AvgIpc) is 3.46. The fourth-order valence-corrected chi connectivity index (χ4v) is 5.66. The molecule has 1 aromatic heterocycles. The Morgan fingerprint density at radius 3 is 2.26 bits per heavy atom. The number of benzene rings is 3. The predicted octanol–water partition coefficient (Wildman–Crippen LogP) is 7.39. The fraction of sp³-hybridized carbons (Fsp3) is 0.273. The molecule has 0 fully saturated rings. The number of unbranched alkanes of at least 4 members (excludes halogenated alkanes) is 1. The molecule has 2 unspecified atom stereocenters. The van der Waals surface area contributed by atoms with Crippen molar-refractivity contribution in [3.05, 3.63) is 119 Å². The topological polar surface area (TPSA) is 45.6 Å². The number of carbonyl (C=O) groups excluding carboxylic acids is 2. The second-order valence-electron chi connectivity index (χ2n) is 9.99. The van der Waals surface area contributed by atoms with Crippen molar-refractivity contribution in [2.75, 3.05) is 18.0 Å². The lowest BCUT2D eigenvalue weighted by Crippen LogP contribution is -2.48. The van der Waals surface area contributed by atoms with Crippen LogP contribution in [-0.4, -0.2) is 34.4 Å². The summed E-state index contributed by atoms with van der Waals surface area (Å²) in [6.07, 6.45) is 4.48. The first-order chi connectivity index (χ1) is 19.0. The van der Waals surface area contributed by atoms with Crippen molar-refractivity contribution in [1.82, 2.24) is 9.47 Å². The third kappa shape index (κ3) is 5.37. The van der Waals surface area contributed by atoms with Crippen LogP contribution in [0.1, 0.15) is 61.9 Å². The van der Waals surface area contributed by atoms with Crippen LogP contribution in [0.4, 0.5) is 5.69 Å². The van der Waals surface area contributed by atoms with Crippen molar-refractivity contribution in [1.29, 1.82) is 0 Å². The fourth-order valence-electron chi connectivity index (χ4n) is 5.54. The summed E-state index contributed by atoms with van der Waals surface area (Å²) >= 11 is 6.23. The van der Waals surface area contributed by atoms with Gasteiger partial charge >= 0.3 is 0 Å². The lowest BCUT2D eigenvalue weighted by Gasteiger charge is -2.40. The molecular formula is C33H34ClN3O2. The van der Waals surface area contributed by atoms with E-state index in [1.54, 1.807) is 4.90 Å². The van der Waals surface area contributed by atoms with Gasteiger partial charge in [-0.25, -0.2) is 0 Å². The van der Waals surface area contributed by atoms with Gasteiger partial charge in [-0.15, -0.1) is 0 Å². The molecule has 6 heteroatoms. The van der Waals surface area contributed by atoms with Gasteiger partial charge in [0.1, 0.15) is 12.6 Å². The van der Waals surface area contributed by atoms with Crippen LogP contribution < -0.4 is 4.90 Å². The SMILES string of the molecule is CCCCN(CC(=O)N1c2ccccc2-n2cccc2C1c1ccc(Cl)cc1)C(=O)C(CC)c1ccccc1. The van der Waals surface area contributed by atoms with Crippen LogP contribution in [0.25, 0.3) is 5.69 Å². The van der Waals surface area contributed by atoms with Crippen molar-refractivity contribution >= 4 is 29.1 Å². The number of anilines is 1. The summed E-state index contributed by atoms with van der Waals surface area (Å²) in [5.41, 5.74) is 4.71. The molecule has 0 saturated heterocycles. The summed E-state index contributed by atoms with van der Waals surface area (Å²) < 4.78 is 2.14. The second-order valence-corrected chi connectivity index (χ2v) is 10.4. The predicted molar refractivity (Wildman–Crippen MR) is 158 cm³/mol. The second kappa shape index (κ2) is 11.9. The first-order valence-corrected chi connectivity index (χ1v) is 14.1. The Balaban J connectivity index is 1.53. The van der Waals surface area contributed by atoms with E-state index in [4.69, 9.17) is 11.6 Å².